The largest absolute Gasteiger partial charge is 0.480 e. The Morgan fingerprint density at radius 1 is 1.10 bits per heavy atom. The molecule has 0 fully saturated rings. The van der Waals surface area contributed by atoms with Crippen molar-refractivity contribution in [3.8, 4) is 0 Å². The number of ether oxygens (including phenoxy) is 2. The van der Waals surface area contributed by atoms with Crippen LogP contribution in [-0.2, 0) is 14.3 Å². The molecule has 0 aromatic rings. The first kappa shape index (κ1) is 21.8. The van der Waals surface area contributed by atoms with Crippen molar-refractivity contribution in [2.24, 2.45) is 0 Å². The van der Waals surface area contributed by atoms with Gasteiger partial charge in [-0.15, -0.1) is 0 Å². The Morgan fingerprint density at radius 3 is 1.71 bits per heavy atom. The van der Waals surface area contributed by atoms with Gasteiger partial charge in [0.15, 0.2) is 5.60 Å². The van der Waals surface area contributed by atoms with Gasteiger partial charge in [0, 0.05) is 7.11 Å². The second-order valence-electron chi connectivity index (χ2n) is 5.46. The van der Waals surface area contributed by atoms with Crippen LogP contribution in [0.15, 0.2) is 0 Å². The summed E-state index contributed by atoms with van der Waals surface area (Å²) in [6, 6.07) is 0. The molecule has 9 heteroatoms. The van der Waals surface area contributed by atoms with Crippen molar-refractivity contribution in [1.82, 2.24) is 5.32 Å². The first-order valence-electron chi connectivity index (χ1n) is 5.93. The summed E-state index contributed by atoms with van der Waals surface area (Å²) >= 11 is 0. The molecule has 0 spiro atoms. The Morgan fingerprint density at radius 2 is 1.52 bits per heavy atom. The van der Waals surface area contributed by atoms with Crippen molar-refractivity contribution in [1.29, 1.82) is 0 Å². The summed E-state index contributed by atoms with van der Waals surface area (Å²) in [5, 5.41) is 10.3. The van der Waals surface area contributed by atoms with Gasteiger partial charge in [0.2, 0.25) is 0 Å². The minimum atomic E-state index is -4.28. The molecule has 0 heterocycles. The van der Waals surface area contributed by atoms with E-state index < -0.39 is 36.0 Å². The van der Waals surface area contributed by atoms with Gasteiger partial charge in [-0.05, 0) is 34.6 Å². The minimum Gasteiger partial charge on any atom is -0.480 e. The number of alkyl halides is 3. The highest BCUT2D eigenvalue weighted by atomic mass is 19.4. The number of nitrogens with one attached hydrogen (secondary N) is 1. The van der Waals surface area contributed by atoms with Crippen LogP contribution in [0.5, 0.6) is 0 Å². The van der Waals surface area contributed by atoms with Crippen molar-refractivity contribution < 1.29 is 37.3 Å². The summed E-state index contributed by atoms with van der Waals surface area (Å²) in [7, 11) is 1.04. The lowest BCUT2D eigenvalue weighted by molar-refractivity contribution is -0.255. The van der Waals surface area contributed by atoms with Gasteiger partial charge in [0.05, 0.1) is 0 Å². The van der Waals surface area contributed by atoms with Crippen molar-refractivity contribution in [2.45, 2.75) is 52.0 Å². The first-order valence-corrected chi connectivity index (χ1v) is 5.93. The van der Waals surface area contributed by atoms with Crippen molar-refractivity contribution in [2.75, 3.05) is 13.7 Å². The van der Waals surface area contributed by atoms with E-state index in [1.165, 1.54) is 0 Å². The number of amides is 1. The number of carboxylic acid groups (broad SMARTS) is 1. The summed E-state index contributed by atoms with van der Waals surface area (Å²) in [5.41, 5.74) is -2.62. The zero-order valence-electron chi connectivity index (χ0n) is 12.9. The molecule has 0 aliphatic carbocycles. The number of carbonyl (C=O) groups excluding carboxylic acids is 1. The second-order valence-corrected chi connectivity index (χ2v) is 5.46. The third kappa shape index (κ3) is 12.0. The zero-order valence-corrected chi connectivity index (χ0v) is 12.9. The van der Waals surface area contributed by atoms with Gasteiger partial charge < -0.3 is 19.9 Å². The number of aliphatic carboxylic acids is 1. The molecule has 126 valence electrons. The maximum atomic E-state index is 11.7. The van der Waals surface area contributed by atoms with Gasteiger partial charge in [-0.25, -0.2) is 4.79 Å². The molecule has 21 heavy (non-hydrogen) atoms. The van der Waals surface area contributed by atoms with Crippen LogP contribution in [0.3, 0.4) is 0 Å². The third-order valence-corrected chi connectivity index (χ3v) is 1.98. The normalized spacial score (nSPS) is 12.0. The minimum absolute atomic E-state index is 0.422. The van der Waals surface area contributed by atoms with Crippen molar-refractivity contribution in [3.05, 3.63) is 0 Å². The molecule has 2 N–H and O–H groups in total. The number of methoxy groups -OCH3 is 1. The van der Waals surface area contributed by atoms with E-state index in [4.69, 9.17) is 9.84 Å². The van der Waals surface area contributed by atoms with E-state index in [1.54, 1.807) is 20.8 Å². The molecule has 0 aliphatic heterocycles. The predicted octanol–water partition coefficient (Wildman–Crippen LogP) is 2.57. The lowest BCUT2D eigenvalue weighted by atomic mass is 10.1. The van der Waals surface area contributed by atoms with Crippen LogP contribution >= 0.6 is 0 Å². The molecule has 0 bridgehead atoms. The number of rotatable bonds is 3. The number of alkyl carbamates (subject to hydrolysis) is 1. The molecular weight excluding hydrogens is 295 g/mol. The monoisotopic (exact) mass is 317 g/mol. The summed E-state index contributed by atoms with van der Waals surface area (Å²) in [4.78, 5) is 20.8. The number of hydrogen-bond donors (Lipinski definition) is 2. The molecule has 0 saturated carbocycles. The van der Waals surface area contributed by atoms with Gasteiger partial charge in [0.25, 0.3) is 0 Å². The highest BCUT2D eigenvalue weighted by Gasteiger charge is 2.47. The summed E-state index contributed by atoms with van der Waals surface area (Å²) < 4.78 is 44.1. The Bertz CT molecular complexity index is 348. The van der Waals surface area contributed by atoms with Gasteiger partial charge >= 0.3 is 18.2 Å². The number of carboxylic acids is 1. The maximum Gasteiger partial charge on any atom is 0.416 e. The fraction of sp³-hybridized carbons (Fsp3) is 0.833. The lowest BCUT2D eigenvalue weighted by Gasteiger charge is -2.25. The van der Waals surface area contributed by atoms with E-state index in [0.717, 1.165) is 21.0 Å². The van der Waals surface area contributed by atoms with Crippen LogP contribution in [0, 0.1) is 0 Å². The maximum absolute atomic E-state index is 11.7. The number of halogens is 3. The van der Waals surface area contributed by atoms with Crippen molar-refractivity contribution in [3.63, 3.8) is 0 Å². The van der Waals surface area contributed by atoms with Gasteiger partial charge in [-0.3, -0.25) is 4.79 Å². The highest BCUT2D eigenvalue weighted by molar-refractivity contribution is 5.76. The van der Waals surface area contributed by atoms with Gasteiger partial charge in [-0.1, -0.05) is 0 Å². The molecule has 1 amide bonds. The summed E-state index contributed by atoms with van der Waals surface area (Å²) in [6.07, 6.45) is -4.99. The van der Waals surface area contributed by atoms with Gasteiger partial charge in [-0.2, -0.15) is 13.2 Å². The van der Waals surface area contributed by atoms with Crippen LogP contribution in [0.2, 0.25) is 0 Å². The van der Waals surface area contributed by atoms with Gasteiger partial charge in [0.1, 0.15) is 12.1 Å². The molecule has 0 rings (SSSR count). The molecule has 0 unspecified atom stereocenters. The van der Waals surface area contributed by atoms with E-state index in [1.807, 2.05) is 0 Å². The molecule has 0 atom stereocenters. The van der Waals surface area contributed by atoms with Crippen LogP contribution in [0.1, 0.15) is 34.6 Å². The fourth-order valence-electron chi connectivity index (χ4n) is 0.578. The number of hydrogen-bond acceptors (Lipinski definition) is 4. The van der Waals surface area contributed by atoms with E-state index in [2.05, 4.69) is 10.1 Å². The van der Waals surface area contributed by atoms with E-state index in [9.17, 15) is 22.8 Å². The summed E-state index contributed by atoms with van der Waals surface area (Å²) in [5.74, 6) is -1.10. The Hall–Kier alpha value is -1.51. The Balaban J connectivity index is 0. The lowest BCUT2D eigenvalue weighted by Crippen LogP contribution is -2.40. The Kier molecular flexibility index (Phi) is 8.36. The van der Waals surface area contributed by atoms with Crippen LogP contribution in [0.25, 0.3) is 0 Å². The summed E-state index contributed by atoms with van der Waals surface area (Å²) in [6.45, 7) is 6.64. The first-order chi connectivity index (χ1) is 9.12. The molecule has 0 aliphatic rings. The van der Waals surface area contributed by atoms with Crippen LogP contribution in [0.4, 0.5) is 18.0 Å². The SMILES string of the molecule is CC(C)(C)OC(=O)NCC(=O)O.COC(C)(C)C(F)(F)F. The Labute approximate surface area is 121 Å². The van der Waals surface area contributed by atoms with E-state index >= 15 is 0 Å². The molecule has 6 nitrogen and oxygen atoms in total. The smallest absolute Gasteiger partial charge is 0.416 e. The van der Waals surface area contributed by atoms with Crippen LogP contribution in [-0.4, -0.2) is 48.2 Å². The average Bonchev–Trinajstić information content (AvgIpc) is 2.23. The number of carbonyl (C=O) groups is 2. The molecular formula is C12H22F3NO5. The standard InChI is InChI=1S/C7H13NO4.C5H9F3O/c1-7(2,3)12-6(11)8-4-5(9)10;1-4(2,9-3)5(6,7)8/h4H2,1-3H3,(H,8,11)(H,9,10);1-3H3. The van der Waals surface area contributed by atoms with Crippen molar-refractivity contribution >= 4 is 12.1 Å². The van der Waals surface area contributed by atoms with Crippen LogP contribution < -0.4 is 5.32 Å². The molecule has 0 aromatic carbocycles. The average molecular weight is 317 g/mol. The second kappa shape index (κ2) is 8.06. The highest BCUT2D eigenvalue weighted by Crippen LogP contribution is 2.31. The zero-order chi connectivity index (χ0) is 17.5. The third-order valence-electron chi connectivity index (χ3n) is 1.98. The quantitative estimate of drug-likeness (QED) is 0.835. The molecule has 0 saturated heterocycles. The molecule has 0 radical (unpaired) electrons. The predicted molar refractivity (Wildman–Crippen MR) is 69.0 cm³/mol. The topological polar surface area (TPSA) is 84.9 Å². The fourth-order valence-corrected chi connectivity index (χ4v) is 0.578. The molecule has 0 aromatic heterocycles. The van der Waals surface area contributed by atoms with E-state index in [-0.39, 0.29) is 0 Å². The van der Waals surface area contributed by atoms with E-state index in [0.29, 0.717) is 0 Å².